The van der Waals surface area contributed by atoms with Crippen molar-refractivity contribution in [3.8, 4) is 0 Å². The first-order valence-electron chi connectivity index (χ1n) is 6.50. The van der Waals surface area contributed by atoms with Crippen LogP contribution in [0.4, 0.5) is 15.8 Å². The van der Waals surface area contributed by atoms with Gasteiger partial charge in [-0.1, -0.05) is 6.07 Å². The highest BCUT2D eigenvalue weighted by atomic mass is 19.1. The van der Waals surface area contributed by atoms with Crippen LogP contribution in [0.5, 0.6) is 0 Å². The molecule has 0 aliphatic carbocycles. The summed E-state index contributed by atoms with van der Waals surface area (Å²) in [6.45, 7) is 5.31. The van der Waals surface area contributed by atoms with E-state index >= 15 is 0 Å². The molecular weight excluding hydrogens is 273 g/mol. The smallest absolute Gasteiger partial charge is 0.278 e. The third-order valence-electron chi connectivity index (χ3n) is 3.47. The summed E-state index contributed by atoms with van der Waals surface area (Å²) in [4.78, 5) is 14.9. The van der Waals surface area contributed by atoms with Gasteiger partial charge in [-0.2, -0.15) is 0 Å². The van der Waals surface area contributed by atoms with Crippen molar-refractivity contribution < 1.29 is 9.31 Å². The molecule has 6 heteroatoms. The van der Waals surface area contributed by atoms with E-state index in [4.69, 9.17) is 0 Å². The Labute approximate surface area is 122 Å². The summed E-state index contributed by atoms with van der Waals surface area (Å²) in [7, 11) is 0. The number of rotatable bonds is 4. The number of halogens is 1. The minimum absolute atomic E-state index is 0.0813. The number of nitrogens with zero attached hydrogens (tertiary/aromatic N) is 2. The average Bonchev–Trinajstić information content (AvgIpc) is 2.42. The summed E-state index contributed by atoms with van der Waals surface area (Å²) in [5.41, 5.74) is 2.88. The van der Waals surface area contributed by atoms with Crippen LogP contribution in [0.1, 0.15) is 22.4 Å². The Balaban J connectivity index is 2.27. The Morgan fingerprint density at radius 1 is 1.29 bits per heavy atom. The number of hydrogen-bond acceptors (Lipinski definition) is 4. The first-order valence-corrected chi connectivity index (χ1v) is 6.50. The molecule has 5 nitrogen and oxygen atoms in total. The molecule has 110 valence electrons. The Bertz CT molecular complexity index is 702. The number of hydrogen-bond donors (Lipinski definition) is 1. The van der Waals surface area contributed by atoms with Crippen LogP contribution in [0.25, 0.3) is 0 Å². The second-order valence-corrected chi connectivity index (χ2v) is 4.88. The number of aryl methyl sites for hydroxylation is 1. The van der Waals surface area contributed by atoms with Gasteiger partial charge < -0.3 is 5.32 Å². The van der Waals surface area contributed by atoms with Gasteiger partial charge in [-0.25, -0.2) is 4.39 Å². The van der Waals surface area contributed by atoms with Gasteiger partial charge in [0.25, 0.3) is 5.69 Å². The first kappa shape index (κ1) is 14.9. The standard InChI is InChI=1S/C15H16FN3O2/c1-9-7-17-14(11(3)15(9)19(20)21)8-18-13-6-4-5-12(16)10(13)2/h4-7,18H,8H2,1-3H3. The summed E-state index contributed by atoms with van der Waals surface area (Å²) >= 11 is 0. The van der Waals surface area contributed by atoms with Crippen molar-refractivity contribution >= 4 is 11.4 Å². The largest absolute Gasteiger partial charge is 0.379 e. The van der Waals surface area contributed by atoms with Gasteiger partial charge in [0.1, 0.15) is 5.82 Å². The molecule has 0 bridgehead atoms. The fourth-order valence-electron chi connectivity index (χ4n) is 2.20. The van der Waals surface area contributed by atoms with Crippen molar-refractivity contribution in [2.24, 2.45) is 0 Å². The summed E-state index contributed by atoms with van der Waals surface area (Å²) in [5.74, 6) is -0.292. The molecule has 0 saturated carbocycles. The van der Waals surface area contributed by atoms with Gasteiger partial charge in [0.15, 0.2) is 0 Å². The summed E-state index contributed by atoms with van der Waals surface area (Å²) in [5, 5.41) is 14.1. The third-order valence-corrected chi connectivity index (χ3v) is 3.47. The molecule has 1 N–H and O–H groups in total. The molecule has 0 atom stereocenters. The van der Waals surface area contributed by atoms with E-state index in [1.54, 1.807) is 32.9 Å². The summed E-state index contributed by atoms with van der Waals surface area (Å²) in [6, 6.07) is 4.76. The molecule has 0 saturated heterocycles. The summed E-state index contributed by atoms with van der Waals surface area (Å²) < 4.78 is 13.5. The number of nitrogens with one attached hydrogen (secondary N) is 1. The lowest BCUT2D eigenvalue weighted by molar-refractivity contribution is -0.386. The van der Waals surface area contributed by atoms with E-state index in [2.05, 4.69) is 10.3 Å². The lowest BCUT2D eigenvalue weighted by Crippen LogP contribution is -2.08. The number of benzene rings is 1. The number of anilines is 1. The molecule has 2 rings (SSSR count). The highest BCUT2D eigenvalue weighted by molar-refractivity contribution is 5.53. The van der Waals surface area contributed by atoms with Crippen molar-refractivity contribution in [3.63, 3.8) is 0 Å². The highest BCUT2D eigenvalue weighted by Crippen LogP contribution is 2.25. The quantitative estimate of drug-likeness (QED) is 0.689. The van der Waals surface area contributed by atoms with Gasteiger partial charge in [0.2, 0.25) is 0 Å². The van der Waals surface area contributed by atoms with Crippen LogP contribution < -0.4 is 5.32 Å². The van der Waals surface area contributed by atoms with E-state index in [0.29, 0.717) is 34.6 Å². The lowest BCUT2D eigenvalue weighted by Gasteiger charge is -2.12. The molecule has 0 aliphatic rings. The molecule has 0 fully saturated rings. The fraction of sp³-hybridized carbons (Fsp3) is 0.267. The van der Waals surface area contributed by atoms with Gasteiger partial charge in [-0.3, -0.25) is 15.1 Å². The Kier molecular flexibility index (Phi) is 4.16. The lowest BCUT2D eigenvalue weighted by atomic mass is 10.1. The zero-order chi connectivity index (χ0) is 15.6. The summed E-state index contributed by atoms with van der Waals surface area (Å²) in [6.07, 6.45) is 1.49. The van der Waals surface area contributed by atoms with E-state index in [1.807, 2.05) is 0 Å². The molecule has 2 aromatic rings. The van der Waals surface area contributed by atoms with Crippen molar-refractivity contribution in [2.75, 3.05) is 5.32 Å². The second kappa shape index (κ2) is 5.87. The monoisotopic (exact) mass is 289 g/mol. The Morgan fingerprint density at radius 2 is 2.00 bits per heavy atom. The van der Waals surface area contributed by atoms with Crippen LogP contribution >= 0.6 is 0 Å². The third kappa shape index (κ3) is 2.99. The first-order chi connectivity index (χ1) is 9.91. The van der Waals surface area contributed by atoms with Crippen LogP contribution in [0, 0.1) is 36.7 Å². The molecule has 1 heterocycles. The number of pyridine rings is 1. The van der Waals surface area contributed by atoms with Crippen LogP contribution in [0.2, 0.25) is 0 Å². The second-order valence-electron chi connectivity index (χ2n) is 4.88. The molecule has 0 spiro atoms. The van der Waals surface area contributed by atoms with Crippen LogP contribution in [0.15, 0.2) is 24.4 Å². The maximum Gasteiger partial charge on any atom is 0.278 e. The van der Waals surface area contributed by atoms with E-state index < -0.39 is 4.92 Å². The zero-order valence-electron chi connectivity index (χ0n) is 12.1. The topological polar surface area (TPSA) is 68.1 Å². The van der Waals surface area contributed by atoms with Crippen LogP contribution in [-0.4, -0.2) is 9.91 Å². The molecule has 0 amide bonds. The Hall–Kier alpha value is -2.50. The molecule has 1 aromatic heterocycles. The van der Waals surface area contributed by atoms with Gasteiger partial charge >= 0.3 is 0 Å². The van der Waals surface area contributed by atoms with Crippen LogP contribution in [-0.2, 0) is 6.54 Å². The van der Waals surface area contributed by atoms with E-state index in [-0.39, 0.29) is 11.5 Å². The number of aromatic nitrogens is 1. The van der Waals surface area contributed by atoms with Gasteiger partial charge in [-0.15, -0.1) is 0 Å². The molecule has 0 radical (unpaired) electrons. The van der Waals surface area contributed by atoms with Gasteiger partial charge in [0.05, 0.1) is 22.7 Å². The predicted molar refractivity (Wildman–Crippen MR) is 78.8 cm³/mol. The van der Waals surface area contributed by atoms with Crippen LogP contribution in [0.3, 0.4) is 0 Å². The minimum Gasteiger partial charge on any atom is -0.379 e. The van der Waals surface area contributed by atoms with Crippen molar-refractivity contribution in [2.45, 2.75) is 27.3 Å². The molecule has 21 heavy (non-hydrogen) atoms. The predicted octanol–water partition coefficient (Wildman–Crippen LogP) is 3.67. The normalized spacial score (nSPS) is 10.5. The van der Waals surface area contributed by atoms with E-state index in [0.717, 1.165) is 0 Å². The molecule has 1 aromatic carbocycles. The van der Waals surface area contributed by atoms with Crippen molar-refractivity contribution in [3.05, 3.63) is 62.7 Å². The zero-order valence-corrected chi connectivity index (χ0v) is 12.1. The Morgan fingerprint density at radius 3 is 2.67 bits per heavy atom. The molecular formula is C15H16FN3O2. The average molecular weight is 289 g/mol. The highest BCUT2D eigenvalue weighted by Gasteiger charge is 2.18. The molecule has 0 aliphatic heterocycles. The number of nitro groups is 1. The maximum absolute atomic E-state index is 13.5. The SMILES string of the molecule is Cc1cnc(CNc2cccc(F)c2C)c(C)c1[N+](=O)[O-]. The van der Waals surface area contributed by atoms with Gasteiger partial charge in [0, 0.05) is 23.0 Å². The molecule has 0 unspecified atom stereocenters. The minimum atomic E-state index is -0.400. The van der Waals surface area contributed by atoms with Crippen molar-refractivity contribution in [1.29, 1.82) is 0 Å². The maximum atomic E-state index is 13.5. The van der Waals surface area contributed by atoms with E-state index in [1.165, 1.54) is 12.3 Å². The van der Waals surface area contributed by atoms with E-state index in [9.17, 15) is 14.5 Å². The fourth-order valence-corrected chi connectivity index (χ4v) is 2.20. The van der Waals surface area contributed by atoms with Crippen molar-refractivity contribution in [1.82, 2.24) is 4.98 Å². The van der Waals surface area contributed by atoms with Gasteiger partial charge in [-0.05, 0) is 32.9 Å².